The van der Waals surface area contributed by atoms with Crippen molar-refractivity contribution in [3.8, 4) is 22.3 Å². The summed E-state index contributed by atoms with van der Waals surface area (Å²) in [5.41, 5.74) is 8.10. The Morgan fingerprint density at radius 3 is 2.49 bits per heavy atom. The van der Waals surface area contributed by atoms with E-state index in [9.17, 15) is 18.8 Å². The summed E-state index contributed by atoms with van der Waals surface area (Å²) in [6.07, 6.45) is 2.60. The number of primary amides is 1. The number of nitrogens with zero attached hydrogens (tertiary/aromatic N) is 4. The second kappa shape index (κ2) is 11.1. The van der Waals surface area contributed by atoms with Gasteiger partial charge in [0.15, 0.2) is 11.5 Å². The van der Waals surface area contributed by atoms with Gasteiger partial charge in [-0.15, -0.1) is 0 Å². The van der Waals surface area contributed by atoms with Gasteiger partial charge < -0.3 is 16.0 Å². The van der Waals surface area contributed by atoms with Crippen molar-refractivity contribution in [3.05, 3.63) is 101 Å². The minimum atomic E-state index is -0.806. The number of amides is 3. The lowest BCUT2D eigenvalue weighted by molar-refractivity contribution is -0.138. The van der Waals surface area contributed by atoms with E-state index in [4.69, 9.17) is 17.3 Å². The van der Waals surface area contributed by atoms with Crippen LogP contribution in [0.25, 0.3) is 33.2 Å². The third-order valence-electron chi connectivity index (χ3n) is 8.45. The number of fused-ring (bicyclic) bond motifs is 2. The number of carbonyl (C=O) groups is 3. The third-order valence-corrected chi connectivity index (χ3v) is 8.77. The molecule has 12 heteroatoms. The maximum atomic E-state index is 15.6. The molecule has 0 spiro atoms. The van der Waals surface area contributed by atoms with Crippen LogP contribution in [-0.4, -0.2) is 49.5 Å². The Hall–Kier alpha value is -5.16. The predicted octanol–water partition coefficient (Wildman–Crippen LogP) is 5.42. The van der Waals surface area contributed by atoms with Gasteiger partial charge in [0.2, 0.25) is 17.8 Å². The normalized spacial score (nSPS) is 18.6. The fraction of sp³-hybridized carbons (Fsp3) is 0.182. The summed E-state index contributed by atoms with van der Waals surface area (Å²) >= 11 is 6.28. The molecular formula is C33H25ClF2N6O3. The van der Waals surface area contributed by atoms with Crippen molar-refractivity contribution in [2.45, 2.75) is 31.5 Å². The van der Waals surface area contributed by atoms with E-state index in [1.54, 1.807) is 65.6 Å². The molecule has 226 valence electrons. The number of nitrogens with one attached hydrogen (secondary N) is 1. The van der Waals surface area contributed by atoms with E-state index in [1.807, 2.05) is 0 Å². The number of hydrogen-bond donors (Lipinski definition) is 2. The number of nitrogens with two attached hydrogens (primary N) is 1. The van der Waals surface area contributed by atoms with Crippen LogP contribution in [0.1, 0.15) is 23.3 Å². The lowest BCUT2D eigenvalue weighted by Crippen LogP contribution is -2.46. The first-order valence-corrected chi connectivity index (χ1v) is 14.6. The van der Waals surface area contributed by atoms with Crippen molar-refractivity contribution in [1.29, 1.82) is 0 Å². The summed E-state index contributed by atoms with van der Waals surface area (Å²) < 4.78 is 30.3. The molecule has 5 aromatic rings. The maximum absolute atomic E-state index is 15.6. The average Bonchev–Trinajstić information content (AvgIpc) is 3.53. The smallest absolute Gasteiger partial charge is 0.269 e. The molecule has 0 radical (unpaired) electrons. The fourth-order valence-electron chi connectivity index (χ4n) is 6.20. The first kappa shape index (κ1) is 28.6. The molecule has 1 aliphatic heterocycles. The average molecular weight is 627 g/mol. The number of likely N-dealkylation sites (tertiary alicyclic amines) is 1. The third kappa shape index (κ3) is 5.18. The van der Waals surface area contributed by atoms with Crippen molar-refractivity contribution in [2.24, 2.45) is 11.7 Å². The number of aromatic nitrogens is 3. The Kier molecular flexibility index (Phi) is 7.04. The van der Waals surface area contributed by atoms with Gasteiger partial charge in [-0.25, -0.2) is 9.37 Å². The molecule has 2 aliphatic rings. The summed E-state index contributed by atoms with van der Waals surface area (Å²) in [7, 11) is 0. The Labute approximate surface area is 260 Å². The predicted molar refractivity (Wildman–Crippen MR) is 164 cm³/mol. The Morgan fingerprint density at radius 2 is 1.73 bits per heavy atom. The van der Waals surface area contributed by atoms with Gasteiger partial charge in [-0.3, -0.25) is 19.1 Å². The Morgan fingerprint density at radius 1 is 0.956 bits per heavy atom. The van der Waals surface area contributed by atoms with Gasteiger partial charge in [0, 0.05) is 39.3 Å². The van der Waals surface area contributed by atoms with Gasteiger partial charge >= 0.3 is 0 Å². The standard InChI is InChI=1S/C33H25ClF2N6O3/c34-23-6-2-1-4-20(23)21-5-3-7-24(30(21)36)39-33(45)27-14-19-13-26(19)42(27)29(43)16-41-25-10-8-17(18-9-11-28(35)38-15-18)12-22(25)31(40-41)32(37)44/h1-12,15,19,26-27H,13-14,16H2,(H2,37,44)(H,39,45)/t19-,26-,27?/m1/s1. The highest BCUT2D eigenvalue weighted by Gasteiger charge is 2.56. The van der Waals surface area contributed by atoms with Crippen LogP contribution in [0.4, 0.5) is 14.5 Å². The highest BCUT2D eigenvalue weighted by molar-refractivity contribution is 6.33. The van der Waals surface area contributed by atoms with Crippen LogP contribution >= 0.6 is 11.6 Å². The highest BCUT2D eigenvalue weighted by Crippen LogP contribution is 2.48. The zero-order valence-corrected chi connectivity index (χ0v) is 24.3. The number of piperidine rings is 1. The van der Waals surface area contributed by atoms with Crippen molar-refractivity contribution < 1.29 is 23.2 Å². The van der Waals surface area contributed by atoms with Gasteiger partial charge in [0.25, 0.3) is 5.91 Å². The quantitative estimate of drug-likeness (QED) is 0.234. The van der Waals surface area contributed by atoms with Crippen molar-refractivity contribution in [3.63, 3.8) is 0 Å². The molecule has 9 nitrogen and oxygen atoms in total. The Balaban J connectivity index is 1.14. The summed E-state index contributed by atoms with van der Waals surface area (Å²) in [6.45, 7) is -0.245. The van der Waals surface area contributed by atoms with Crippen molar-refractivity contribution >= 4 is 45.9 Å². The molecule has 2 fully saturated rings. The number of hydrogen-bond acceptors (Lipinski definition) is 5. The van der Waals surface area contributed by atoms with E-state index < -0.39 is 29.6 Å². The lowest BCUT2D eigenvalue weighted by Gasteiger charge is -2.27. The molecule has 2 aromatic heterocycles. The molecule has 3 amide bonds. The van der Waals surface area contributed by atoms with Gasteiger partial charge in [0.1, 0.15) is 12.6 Å². The van der Waals surface area contributed by atoms with Crippen molar-refractivity contribution in [1.82, 2.24) is 19.7 Å². The van der Waals surface area contributed by atoms with Crippen LogP contribution in [0.2, 0.25) is 5.02 Å². The van der Waals surface area contributed by atoms with Crippen LogP contribution in [-0.2, 0) is 16.1 Å². The molecule has 1 aliphatic carbocycles. The van der Waals surface area contributed by atoms with Gasteiger partial charge in [0.05, 0.1) is 11.2 Å². The maximum Gasteiger partial charge on any atom is 0.269 e. The number of anilines is 1. The molecule has 0 bridgehead atoms. The van der Waals surface area contributed by atoms with Crippen LogP contribution in [0.5, 0.6) is 0 Å². The minimum Gasteiger partial charge on any atom is -0.364 e. The van der Waals surface area contributed by atoms with Gasteiger partial charge in [-0.1, -0.05) is 48.0 Å². The van der Waals surface area contributed by atoms with E-state index in [0.29, 0.717) is 39.0 Å². The summed E-state index contributed by atoms with van der Waals surface area (Å²) in [4.78, 5) is 44.8. The molecule has 3 heterocycles. The first-order chi connectivity index (χ1) is 21.7. The van der Waals surface area contributed by atoms with E-state index in [2.05, 4.69) is 15.4 Å². The zero-order valence-electron chi connectivity index (χ0n) is 23.6. The molecule has 45 heavy (non-hydrogen) atoms. The van der Waals surface area contributed by atoms with E-state index in [1.165, 1.54) is 23.0 Å². The van der Waals surface area contributed by atoms with Crippen LogP contribution in [0, 0.1) is 17.7 Å². The monoisotopic (exact) mass is 626 g/mol. The van der Waals surface area contributed by atoms with Gasteiger partial charge in [-0.05, 0) is 60.7 Å². The second-order valence-corrected chi connectivity index (χ2v) is 11.6. The molecule has 3 aromatic carbocycles. The van der Waals surface area contributed by atoms with E-state index >= 15 is 4.39 Å². The molecule has 1 unspecified atom stereocenters. The fourth-order valence-corrected chi connectivity index (χ4v) is 6.44. The lowest BCUT2D eigenvalue weighted by atomic mass is 10.0. The summed E-state index contributed by atoms with van der Waals surface area (Å²) in [6, 6.07) is 18.5. The number of benzene rings is 3. The second-order valence-electron chi connectivity index (χ2n) is 11.2. The molecule has 3 N–H and O–H groups in total. The molecule has 7 rings (SSSR count). The van der Waals surface area contributed by atoms with Crippen LogP contribution in [0.3, 0.4) is 0 Å². The molecule has 1 saturated carbocycles. The van der Waals surface area contributed by atoms with Gasteiger partial charge in [-0.2, -0.15) is 9.49 Å². The van der Waals surface area contributed by atoms with Crippen molar-refractivity contribution in [2.75, 3.05) is 5.32 Å². The highest BCUT2D eigenvalue weighted by atomic mass is 35.5. The Bertz CT molecular complexity index is 2010. The van der Waals surface area contributed by atoms with Crippen LogP contribution < -0.4 is 11.1 Å². The SMILES string of the molecule is NC(=O)c1nn(CC(=O)N2C(C(=O)Nc3cccc(-c4ccccc4Cl)c3F)C[C@H]3C[C@H]32)c2ccc(-c3ccc(F)nc3)cc12. The molecule has 3 atom stereocenters. The van der Waals surface area contributed by atoms with E-state index in [-0.39, 0.29) is 41.4 Å². The topological polar surface area (TPSA) is 123 Å². The molecule has 1 saturated heterocycles. The van der Waals surface area contributed by atoms with Crippen LogP contribution in [0.15, 0.2) is 79.0 Å². The summed E-state index contributed by atoms with van der Waals surface area (Å²) in [5.74, 6) is -2.71. The number of pyridine rings is 1. The number of carbonyl (C=O) groups excluding carboxylic acids is 3. The van der Waals surface area contributed by atoms with E-state index in [0.717, 1.165) is 6.42 Å². The number of halogens is 3. The number of rotatable bonds is 7. The largest absolute Gasteiger partial charge is 0.364 e. The zero-order chi connectivity index (χ0) is 31.4. The minimum absolute atomic E-state index is 0.0123. The summed E-state index contributed by atoms with van der Waals surface area (Å²) in [5, 5.41) is 7.82. The first-order valence-electron chi connectivity index (χ1n) is 14.3. The molecular weight excluding hydrogens is 602 g/mol.